The minimum absolute atomic E-state index is 0.0115. The molecule has 0 aliphatic heterocycles. The fourth-order valence-corrected chi connectivity index (χ4v) is 1.72. The summed E-state index contributed by atoms with van der Waals surface area (Å²) in [4.78, 5) is 21.6. The number of carbonyl (C=O) groups is 2. The number of hydrogen-bond acceptors (Lipinski definition) is 4. The number of nitrogens with one attached hydrogen (secondary N) is 1. The van der Waals surface area contributed by atoms with Gasteiger partial charge >= 0.3 is 5.97 Å². The van der Waals surface area contributed by atoms with E-state index in [0.717, 1.165) is 0 Å². The Hall–Kier alpha value is -0.750. The molecule has 4 N–H and O–H groups in total. The molecular weight excluding hydrogens is 228 g/mol. The maximum atomic E-state index is 11.2. The van der Waals surface area contributed by atoms with E-state index >= 15 is 0 Å². The van der Waals surface area contributed by atoms with Crippen molar-refractivity contribution in [1.82, 2.24) is 5.32 Å². The number of carboxylic acids is 1. The second kappa shape index (κ2) is 8.41. The number of carbonyl (C=O) groups excluding carboxylic acids is 1. The van der Waals surface area contributed by atoms with Gasteiger partial charge in [-0.15, -0.1) is 0 Å². The van der Waals surface area contributed by atoms with Crippen molar-refractivity contribution in [1.29, 1.82) is 0 Å². The summed E-state index contributed by atoms with van der Waals surface area (Å²) in [5, 5.41) is 11.3. The zero-order valence-electron chi connectivity index (χ0n) is 9.73. The first-order valence-electron chi connectivity index (χ1n) is 5.26. The van der Waals surface area contributed by atoms with Gasteiger partial charge in [0.1, 0.15) is 6.04 Å². The van der Waals surface area contributed by atoms with E-state index in [4.69, 9.17) is 10.8 Å². The van der Waals surface area contributed by atoms with Crippen LogP contribution in [-0.4, -0.2) is 41.1 Å². The first-order valence-corrected chi connectivity index (χ1v) is 6.41. The Bertz CT molecular complexity index is 234. The lowest BCUT2D eigenvalue weighted by molar-refractivity contribution is -0.138. The fourth-order valence-electron chi connectivity index (χ4n) is 0.868. The van der Waals surface area contributed by atoms with E-state index in [1.807, 2.05) is 13.8 Å². The van der Waals surface area contributed by atoms with E-state index in [0.29, 0.717) is 30.4 Å². The van der Waals surface area contributed by atoms with Gasteiger partial charge in [0.2, 0.25) is 5.91 Å². The third-order valence-corrected chi connectivity index (χ3v) is 2.82. The predicted octanol–water partition coefficient (Wildman–Crippen LogP) is 0.294. The zero-order chi connectivity index (χ0) is 12.6. The lowest BCUT2D eigenvalue weighted by atomic mass is 10.2. The Balaban J connectivity index is 3.44. The van der Waals surface area contributed by atoms with Crippen molar-refractivity contribution in [2.45, 2.75) is 26.3 Å². The highest BCUT2D eigenvalue weighted by Gasteiger charge is 2.11. The Kier molecular flexibility index (Phi) is 8.01. The van der Waals surface area contributed by atoms with Gasteiger partial charge in [-0.05, 0) is 18.1 Å². The van der Waals surface area contributed by atoms with Crippen molar-refractivity contribution in [3.63, 3.8) is 0 Å². The molecule has 1 amide bonds. The first-order chi connectivity index (χ1) is 7.43. The van der Waals surface area contributed by atoms with Crippen molar-refractivity contribution in [2.24, 2.45) is 11.7 Å². The Morgan fingerprint density at radius 2 is 2.06 bits per heavy atom. The highest BCUT2D eigenvalue weighted by molar-refractivity contribution is 7.99. The van der Waals surface area contributed by atoms with Crippen LogP contribution in [-0.2, 0) is 9.59 Å². The highest BCUT2D eigenvalue weighted by Crippen LogP contribution is 2.04. The number of nitrogens with two attached hydrogens (primary N) is 1. The number of rotatable bonds is 8. The normalized spacial score (nSPS) is 12.5. The van der Waals surface area contributed by atoms with Gasteiger partial charge < -0.3 is 16.2 Å². The van der Waals surface area contributed by atoms with Crippen LogP contribution in [0.3, 0.4) is 0 Å². The third-order valence-electron chi connectivity index (χ3n) is 1.83. The summed E-state index contributed by atoms with van der Waals surface area (Å²) in [5.74, 6) is 0.378. The molecule has 6 heteroatoms. The molecule has 0 heterocycles. The number of hydrogen-bond donors (Lipinski definition) is 3. The molecule has 0 saturated carbocycles. The molecule has 0 rings (SSSR count). The topological polar surface area (TPSA) is 92.4 Å². The lowest BCUT2D eigenvalue weighted by Crippen LogP contribution is -2.31. The third kappa shape index (κ3) is 8.55. The molecule has 16 heavy (non-hydrogen) atoms. The molecule has 0 bridgehead atoms. The summed E-state index contributed by atoms with van der Waals surface area (Å²) in [6, 6.07) is -0.828. The fraction of sp³-hybridized carbons (Fsp3) is 0.800. The number of thioether (sulfide) groups is 1. The van der Waals surface area contributed by atoms with Gasteiger partial charge in [0.05, 0.1) is 5.75 Å². The van der Waals surface area contributed by atoms with Crippen molar-refractivity contribution in [2.75, 3.05) is 18.1 Å². The molecule has 0 saturated heterocycles. The highest BCUT2D eigenvalue weighted by atomic mass is 32.2. The average Bonchev–Trinajstić information content (AvgIpc) is 2.20. The quantitative estimate of drug-likeness (QED) is 0.537. The van der Waals surface area contributed by atoms with Crippen LogP contribution in [0.25, 0.3) is 0 Å². The van der Waals surface area contributed by atoms with Crippen molar-refractivity contribution in [3.05, 3.63) is 0 Å². The molecule has 1 unspecified atom stereocenters. The molecule has 0 spiro atoms. The molecular formula is C10H20N2O3S. The van der Waals surface area contributed by atoms with Crippen LogP contribution in [0.15, 0.2) is 0 Å². The Morgan fingerprint density at radius 1 is 1.44 bits per heavy atom. The predicted molar refractivity (Wildman–Crippen MR) is 65.4 cm³/mol. The van der Waals surface area contributed by atoms with E-state index in [2.05, 4.69) is 5.32 Å². The first kappa shape index (κ1) is 15.2. The molecule has 5 nitrogen and oxygen atoms in total. The average molecular weight is 248 g/mol. The Morgan fingerprint density at radius 3 is 2.56 bits per heavy atom. The summed E-state index contributed by atoms with van der Waals surface area (Å²) >= 11 is 1.40. The van der Waals surface area contributed by atoms with E-state index in [1.54, 1.807) is 0 Å². The summed E-state index contributed by atoms with van der Waals surface area (Å²) in [6.07, 6.45) is 0.386. The van der Waals surface area contributed by atoms with Crippen LogP contribution >= 0.6 is 11.8 Å². The molecule has 0 aliphatic carbocycles. The van der Waals surface area contributed by atoms with E-state index in [1.165, 1.54) is 11.8 Å². The SMILES string of the molecule is CC(C)CNC(=O)CSCCC(N)C(=O)O. The number of amides is 1. The van der Waals surface area contributed by atoms with Gasteiger partial charge in [-0.3, -0.25) is 9.59 Å². The van der Waals surface area contributed by atoms with Crippen molar-refractivity contribution < 1.29 is 14.7 Å². The number of aliphatic carboxylic acids is 1. The molecule has 94 valence electrons. The van der Waals surface area contributed by atoms with Crippen molar-refractivity contribution in [3.8, 4) is 0 Å². The minimum Gasteiger partial charge on any atom is -0.480 e. The second-order valence-corrected chi connectivity index (χ2v) is 5.09. The van der Waals surface area contributed by atoms with Crippen LogP contribution in [0.4, 0.5) is 0 Å². The van der Waals surface area contributed by atoms with Gasteiger partial charge in [0.25, 0.3) is 0 Å². The van der Waals surface area contributed by atoms with Crippen LogP contribution in [0.2, 0.25) is 0 Å². The lowest BCUT2D eigenvalue weighted by Gasteiger charge is -2.08. The summed E-state index contributed by atoms with van der Waals surface area (Å²) in [6.45, 7) is 4.73. The van der Waals surface area contributed by atoms with Crippen LogP contribution in [0, 0.1) is 5.92 Å². The van der Waals surface area contributed by atoms with Crippen LogP contribution < -0.4 is 11.1 Å². The van der Waals surface area contributed by atoms with Gasteiger partial charge in [-0.2, -0.15) is 11.8 Å². The van der Waals surface area contributed by atoms with E-state index in [9.17, 15) is 9.59 Å². The largest absolute Gasteiger partial charge is 0.480 e. The molecule has 1 atom stereocenters. The minimum atomic E-state index is -0.996. The molecule has 0 aromatic rings. The smallest absolute Gasteiger partial charge is 0.320 e. The summed E-state index contributed by atoms with van der Waals surface area (Å²) in [7, 11) is 0. The summed E-state index contributed by atoms with van der Waals surface area (Å²) in [5.41, 5.74) is 5.32. The van der Waals surface area contributed by atoms with Crippen LogP contribution in [0.1, 0.15) is 20.3 Å². The van der Waals surface area contributed by atoms with E-state index < -0.39 is 12.0 Å². The molecule has 0 fully saturated rings. The molecule has 0 aromatic carbocycles. The molecule has 0 aliphatic rings. The standard InChI is InChI=1S/C10H20N2O3S/c1-7(2)5-12-9(13)6-16-4-3-8(11)10(14)15/h7-8H,3-6,11H2,1-2H3,(H,12,13)(H,14,15). The Labute approximate surface area is 100 Å². The second-order valence-electron chi connectivity index (χ2n) is 3.98. The van der Waals surface area contributed by atoms with Crippen LogP contribution in [0.5, 0.6) is 0 Å². The van der Waals surface area contributed by atoms with E-state index in [-0.39, 0.29) is 5.91 Å². The number of carboxylic acid groups (broad SMARTS) is 1. The summed E-state index contributed by atoms with van der Waals surface area (Å²) < 4.78 is 0. The maximum absolute atomic E-state index is 11.2. The van der Waals surface area contributed by atoms with Gasteiger partial charge in [0, 0.05) is 6.54 Å². The van der Waals surface area contributed by atoms with Gasteiger partial charge in [-0.1, -0.05) is 13.8 Å². The molecule has 0 radical (unpaired) electrons. The van der Waals surface area contributed by atoms with Crippen molar-refractivity contribution >= 4 is 23.6 Å². The molecule has 0 aromatic heterocycles. The van der Waals surface area contributed by atoms with Gasteiger partial charge in [-0.25, -0.2) is 0 Å². The maximum Gasteiger partial charge on any atom is 0.320 e. The monoisotopic (exact) mass is 248 g/mol. The zero-order valence-corrected chi connectivity index (χ0v) is 10.5. The van der Waals surface area contributed by atoms with Gasteiger partial charge in [0.15, 0.2) is 0 Å².